The Morgan fingerprint density at radius 1 is 1.26 bits per heavy atom. The molecule has 0 radical (unpaired) electrons. The van der Waals surface area contributed by atoms with E-state index >= 15 is 0 Å². The molecule has 5 nitrogen and oxygen atoms in total. The summed E-state index contributed by atoms with van der Waals surface area (Å²) >= 11 is 13.0. The van der Waals surface area contributed by atoms with Crippen molar-refractivity contribution >= 4 is 34.2 Å². The zero-order valence-corrected chi connectivity index (χ0v) is 13.9. The van der Waals surface area contributed by atoms with Crippen molar-refractivity contribution in [2.24, 2.45) is 0 Å². The van der Waals surface area contributed by atoms with E-state index in [1.54, 1.807) is 12.4 Å². The molecule has 3 aromatic rings. The zero-order chi connectivity index (χ0) is 15.6. The Balaban J connectivity index is 1.68. The van der Waals surface area contributed by atoms with Gasteiger partial charge in [0.1, 0.15) is 11.3 Å². The number of hydrogen-bond donors (Lipinski definition) is 2. The Hall–Kier alpha value is -1.56. The van der Waals surface area contributed by atoms with Crippen LogP contribution in [0.5, 0.6) is 0 Å². The molecule has 1 saturated heterocycles. The molecule has 1 unspecified atom stereocenters. The molecule has 7 heteroatoms. The summed E-state index contributed by atoms with van der Waals surface area (Å²) in [6, 6.07) is 2.00. The highest BCUT2D eigenvalue weighted by Gasteiger charge is 2.45. The number of aromatic amines is 1. The Morgan fingerprint density at radius 2 is 2.17 bits per heavy atom. The summed E-state index contributed by atoms with van der Waals surface area (Å²) in [7, 11) is 0. The van der Waals surface area contributed by atoms with Crippen LogP contribution in [0.3, 0.4) is 0 Å². The monoisotopic (exact) mass is 347 g/mol. The number of nitrogens with one attached hydrogen (secondary N) is 2. The summed E-state index contributed by atoms with van der Waals surface area (Å²) < 4.78 is 2.08. The van der Waals surface area contributed by atoms with Gasteiger partial charge >= 0.3 is 0 Å². The third-order valence-electron chi connectivity index (χ3n) is 5.20. The highest BCUT2D eigenvalue weighted by Crippen LogP contribution is 2.46. The van der Waals surface area contributed by atoms with Crippen LogP contribution in [-0.2, 0) is 12.0 Å². The summed E-state index contributed by atoms with van der Waals surface area (Å²) in [6.45, 7) is 2.96. The van der Waals surface area contributed by atoms with E-state index in [1.807, 2.05) is 6.07 Å². The molecule has 5 heterocycles. The summed E-state index contributed by atoms with van der Waals surface area (Å²) in [5, 5.41) is 10.5. The number of hydrogen-bond acceptors (Lipinski definition) is 3. The lowest BCUT2D eigenvalue weighted by Crippen LogP contribution is -2.26. The second-order valence-corrected chi connectivity index (χ2v) is 7.23. The lowest BCUT2D eigenvalue weighted by atomic mass is 9.82. The van der Waals surface area contributed by atoms with E-state index in [0.717, 1.165) is 59.8 Å². The van der Waals surface area contributed by atoms with E-state index in [-0.39, 0.29) is 5.41 Å². The van der Waals surface area contributed by atoms with Crippen LogP contribution in [0.2, 0.25) is 10.0 Å². The van der Waals surface area contributed by atoms with Crippen LogP contribution in [0, 0.1) is 0 Å². The van der Waals surface area contributed by atoms with Crippen molar-refractivity contribution in [2.45, 2.75) is 24.8 Å². The average Bonchev–Trinajstić information content (AvgIpc) is 3.30. The van der Waals surface area contributed by atoms with Crippen LogP contribution in [-0.4, -0.2) is 32.8 Å². The van der Waals surface area contributed by atoms with E-state index in [1.165, 1.54) is 5.69 Å². The maximum atomic E-state index is 6.76. The first-order valence-electron chi connectivity index (χ1n) is 7.78. The Labute approximate surface area is 143 Å². The summed E-state index contributed by atoms with van der Waals surface area (Å²) in [5.74, 6) is 0. The van der Waals surface area contributed by atoms with E-state index in [2.05, 4.69) is 20.0 Å². The first-order chi connectivity index (χ1) is 11.2. The molecular formula is C16H15Cl2N5. The van der Waals surface area contributed by atoms with Gasteiger partial charge in [-0.05, 0) is 25.5 Å². The zero-order valence-electron chi connectivity index (χ0n) is 12.4. The van der Waals surface area contributed by atoms with Crippen molar-refractivity contribution in [1.82, 2.24) is 25.1 Å². The molecule has 23 heavy (non-hydrogen) atoms. The fraction of sp³-hybridized carbons (Fsp3) is 0.375. The lowest BCUT2D eigenvalue weighted by molar-refractivity contribution is 0.467. The molecule has 0 bridgehead atoms. The van der Waals surface area contributed by atoms with Crippen molar-refractivity contribution in [3.63, 3.8) is 0 Å². The predicted octanol–water partition coefficient (Wildman–Crippen LogP) is 3.37. The van der Waals surface area contributed by atoms with Gasteiger partial charge < -0.3 is 10.3 Å². The third-order valence-corrected chi connectivity index (χ3v) is 5.87. The van der Waals surface area contributed by atoms with E-state index in [4.69, 9.17) is 28.3 Å². The first-order valence-corrected chi connectivity index (χ1v) is 8.54. The van der Waals surface area contributed by atoms with Gasteiger partial charge in [-0.25, -0.2) is 4.98 Å². The number of nitrogens with zero attached hydrogens (tertiary/aromatic N) is 3. The fourth-order valence-electron chi connectivity index (χ4n) is 3.99. The van der Waals surface area contributed by atoms with Crippen molar-refractivity contribution in [1.29, 1.82) is 0 Å². The van der Waals surface area contributed by atoms with Gasteiger partial charge in [0.2, 0.25) is 0 Å². The van der Waals surface area contributed by atoms with Gasteiger partial charge in [-0.15, -0.1) is 0 Å². The second kappa shape index (κ2) is 4.72. The molecule has 5 rings (SSSR count). The van der Waals surface area contributed by atoms with Gasteiger partial charge in [-0.2, -0.15) is 5.10 Å². The van der Waals surface area contributed by atoms with Gasteiger partial charge in [0.25, 0.3) is 0 Å². The molecule has 2 N–H and O–H groups in total. The molecule has 0 aromatic carbocycles. The Bertz CT molecular complexity index is 920. The maximum absolute atomic E-state index is 6.76. The number of rotatable bonds is 1. The smallest absolute Gasteiger partial charge is 0.138 e. The summed E-state index contributed by atoms with van der Waals surface area (Å²) in [4.78, 5) is 7.48. The summed E-state index contributed by atoms with van der Waals surface area (Å²) in [6.07, 6.45) is 5.79. The Kier molecular flexibility index (Phi) is 2.84. The van der Waals surface area contributed by atoms with Crippen LogP contribution >= 0.6 is 23.2 Å². The van der Waals surface area contributed by atoms with Gasteiger partial charge in [0.15, 0.2) is 0 Å². The lowest BCUT2D eigenvalue weighted by Gasteiger charge is -2.21. The minimum atomic E-state index is 0.144. The molecular weight excluding hydrogens is 333 g/mol. The predicted molar refractivity (Wildman–Crippen MR) is 91.1 cm³/mol. The van der Waals surface area contributed by atoms with Gasteiger partial charge in [0.05, 0.1) is 15.7 Å². The largest absolute Gasteiger partial charge is 0.345 e. The minimum absolute atomic E-state index is 0.144. The molecule has 0 saturated carbocycles. The molecule has 2 aliphatic rings. The molecule has 3 aromatic heterocycles. The fourth-order valence-corrected chi connectivity index (χ4v) is 4.63. The first kappa shape index (κ1) is 13.8. The minimum Gasteiger partial charge on any atom is -0.345 e. The van der Waals surface area contributed by atoms with Gasteiger partial charge in [0, 0.05) is 41.8 Å². The SMILES string of the molecule is Clc1c(-c2cnc3[nH]cc(Cl)c3c2)nn2c1C1(CCNC1)CC2. The molecule has 1 atom stereocenters. The van der Waals surface area contributed by atoms with Crippen LogP contribution in [0.25, 0.3) is 22.3 Å². The summed E-state index contributed by atoms with van der Waals surface area (Å²) in [5.41, 5.74) is 3.81. The maximum Gasteiger partial charge on any atom is 0.138 e. The molecule has 118 valence electrons. The highest BCUT2D eigenvalue weighted by molar-refractivity contribution is 6.36. The van der Waals surface area contributed by atoms with Crippen LogP contribution in [0.15, 0.2) is 18.5 Å². The quantitative estimate of drug-likeness (QED) is 0.709. The number of fused-ring (bicyclic) bond motifs is 3. The van der Waals surface area contributed by atoms with Crippen LogP contribution in [0.1, 0.15) is 18.5 Å². The van der Waals surface area contributed by atoms with Crippen molar-refractivity contribution in [2.75, 3.05) is 13.1 Å². The Morgan fingerprint density at radius 3 is 3.00 bits per heavy atom. The normalized spacial score (nSPS) is 23.2. The van der Waals surface area contributed by atoms with Crippen LogP contribution in [0.4, 0.5) is 0 Å². The second-order valence-electron chi connectivity index (χ2n) is 6.45. The number of aryl methyl sites for hydroxylation is 1. The van der Waals surface area contributed by atoms with Gasteiger partial charge in [-0.1, -0.05) is 23.2 Å². The van der Waals surface area contributed by atoms with E-state index < -0.39 is 0 Å². The third kappa shape index (κ3) is 1.84. The number of aromatic nitrogens is 4. The van der Waals surface area contributed by atoms with E-state index in [0.29, 0.717) is 5.02 Å². The molecule has 1 spiro atoms. The number of pyridine rings is 1. The standard InChI is InChI=1S/C16H15Cl2N5/c17-11-7-21-15-10(11)5-9(6-20-15)13-12(18)14-16(1-3-19-8-16)2-4-23(14)22-13/h5-7,19H,1-4,8H2,(H,20,21). The molecule has 0 amide bonds. The van der Waals surface area contributed by atoms with Crippen LogP contribution < -0.4 is 5.32 Å². The average molecular weight is 348 g/mol. The molecule has 0 aliphatic carbocycles. The molecule has 2 aliphatic heterocycles. The molecule has 1 fully saturated rings. The topological polar surface area (TPSA) is 58.5 Å². The van der Waals surface area contributed by atoms with Crippen molar-refractivity contribution in [3.05, 3.63) is 34.2 Å². The number of halogens is 2. The number of H-pyrrole nitrogens is 1. The van der Waals surface area contributed by atoms with Crippen molar-refractivity contribution in [3.8, 4) is 11.3 Å². The van der Waals surface area contributed by atoms with Crippen molar-refractivity contribution < 1.29 is 0 Å². The van der Waals surface area contributed by atoms with Gasteiger partial charge in [-0.3, -0.25) is 4.68 Å². The highest BCUT2D eigenvalue weighted by atomic mass is 35.5. The van der Waals surface area contributed by atoms with E-state index in [9.17, 15) is 0 Å².